The van der Waals surface area contributed by atoms with Crippen LogP contribution in [0, 0.1) is 0 Å². The Kier molecular flexibility index (Phi) is 7.77. The molecule has 0 saturated carbocycles. The molecule has 8 heteroatoms. The summed E-state index contributed by atoms with van der Waals surface area (Å²) in [6.45, 7) is -2.04. The molecule has 0 aliphatic heterocycles. The van der Waals surface area contributed by atoms with E-state index in [0.717, 1.165) is 11.3 Å². The van der Waals surface area contributed by atoms with Crippen LogP contribution in [0.4, 0.5) is 8.78 Å². The first kappa shape index (κ1) is 16.1. The van der Waals surface area contributed by atoms with Gasteiger partial charge in [-0.1, -0.05) is 0 Å². The molecule has 1 aromatic heterocycles. The smallest absolute Gasteiger partial charge is 0.387 e. The van der Waals surface area contributed by atoms with E-state index in [-0.39, 0.29) is 23.0 Å². The molecule has 0 aromatic carbocycles. The first-order valence-corrected chi connectivity index (χ1v) is 5.53. The van der Waals surface area contributed by atoms with Crippen molar-refractivity contribution in [1.29, 1.82) is 0 Å². The van der Waals surface area contributed by atoms with Crippen LogP contribution in [0.5, 0.6) is 5.75 Å². The number of amides is 1. The topological polar surface area (TPSA) is 64.3 Å². The van der Waals surface area contributed by atoms with E-state index in [1.807, 2.05) is 0 Å². The van der Waals surface area contributed by atoms with Crippen molar-refractivity contribution in [2.75, 3.05) is 13.1 Å². The van der Waals surface area contributed by atoms with Crippen LogP contribution >= 0.6 is 23.7 Å². The van der Waals surface area contributed by atoms with Crippen LogP contribution in [-0.4, -0.2) is 25.6 Å². The lowest BCUT2D eigenvalue weighted by Crippen LogP contribution is -2.25. The largest absolute Gasteiger partial charge is 0.433 e. The Labute approximate surface area is 108 Å². The SMILES string of the molecule is Cl.NCCCNC(=O)c1sccc1OC(F)F. The van der Waals surface area contributed by atoms with Gasteiger partial charge in [-0.3, -0.25) is 4.79 Å². The van der Waals surface area contributed by atoms with Gasteiger partial charge in [-0.15, -0.1) is 23.7 Å². The zero-order chi connectivity index (χ0) is 12.0. The highest BCUT2D eigenvalue weighted by molar-refractivity contribution is 7.12. The molecule has 4 nitrogen and oxygen atoms in total. The van der Waals surface area contributed by atoms with Gasteiger partial charge >= 0.3 is 6.61 Å². The molecule has 17 heavy (non-hydrogen) atoms. The summed E-state index contributed by atoms with van der Waals surface area (Å²) in [5.74, 6) is -0.510. The zero-order valence-electron chi connectivity index (χ0n) is 8.82. The van der Waals surface area contributed by atoms with E-state index in [1.165, 1.54) is 11.4 Å². The third kappa shape index (κ3) is 5.29. The van der Waals surface area contributed by atoms with Crippen molar-refractivity contribution in [3.8, 4) is 5.75 Å². The molecule has 0 spiro atoms. The summed E-state index contributed by atoms with van der Waals surface area (Å²) >= 11 is 1.06. The lowest BCUT2D eigenvalue weighted by molar-refractivity contribution is -0.0498. The monoisotopic (exact) mass is 286 g/mol. The third-order valence-electron chi connectivity index (χ3n) is 1.72. The van der Waals surface area contributed by atoms with Crippen LogP contribution in [0.2, 0.25) is 0 Å². The second-order valence-corrected chi connectivity index (χ2v) is 3.81. The summed E-state index contributed by atoms with van der Waals surface area (Å²) in [5.41, 5.74) is 5.26. The summed E-state index contributed by atoms with van der Waals surface area (Å²) in [5, 5.41) is 4.09. The quantitative estimate of drug-likeness (QED) is 0.785. The number of carbonyl (C=O) groups is 1. The summed E-state index contributed by atoms with van der Waals surface area (Å²) < 4.78 is 28.2. The molecule has 0 fully saturated rings. The number of carbonyl (C=O) groups excluding carboxylic acids is 1. The van der Waals surface area contributed by atoms with Gasteiger partial charge in [-0.05, 0) is 24.4 Å². The normalized spacial score (nSPS) is 9.88. The second kappa shape index (κ2) is 8.21. The van der Waals surface area contributed by atoms with Gasteiger partial charge in [-0.25, -0.2) is 0 Å². The minimum atomic E-state index is -2.93. The number of thiophene rings is 1. The van der Waals surface area contributed by atoms with Crippen molar-refractivity contribution < 1.29 is 18.3 Å². The van der Waals surface area contributed by atoms with Crippen LogP contribution in [-0.2, 0) is 0 Å². The minimum Gasteiger partial charge on any atom is -0.433 e. The molecule has 1 amide bonds. The number of alkyl halides is 2. The standard InChI is InChI=1S/C9H12F2N2O2S.ClH/c10-9(11)15-6-2-5-16-7(6)8(14)13-4-1-3-12;/h2,5,9H,1,3-4,12H2,(H,13,14);1H. The molecular formula is C9H13ClF2N2O2S. The first-order valence-electron chi connectivity index (χ1n) is 4.65. The van der Waals surface area contributed by atoms with Gasteiger partial charge in [0.05, 0.1) is 0 Å². The lowest BCUT2D eigenvalue weighted by Gasteiger charge is -2.06. The van der Waals surface area contributed by atoms with E-state index in [2.05, 4.69) is 10.1 Å². The van der Waals surface area contributed by atoms with Gasteiger partial charge < -0.3 is 15.8 Å². The molecule has 0 saturated heterocycles. The van der Waals surface area contributed by atoms with Gasteiger partial charge in [0.1, 0.15) is 10.6 Å². The van der Waals surface area contributed by atoms with E-state index >= 15 is 0 Å². The summed E-state index contributed by atoms with van der Waals surface area (Å²) in [6, 6.07) is 1.34. The van der Waals surface area contributed by atoms with Gasteiger partial charge in [0.15, 0.2) is 0 Å². The molecule has 98 valence electrons. The molecule has 0 unspecified atom stereocenters. The van der Waals surface area contributed by atoms with Crippen LogP contribution in [0.1, 0.15) is 16.1 Å². The Bertz CT molecular complexity index is 349. The highest BCUT2D eigenvalue weighted by Crippen LogP contribution is 2.26. The number of halogens is 3. The van der Waals surface area contributed by atoms with E-state index in [9.17, 15) is 13.6 Å². The predicted octanol–water partition coefficient (Wildman–Crippen LogP) is 1.85. The van der Waals surface area contributed by atoms with E-state index in [0.29, 0.717) is 19.5 Å². The van der Waals surface area contributed by atoms with Gasteiger partial charge in [0.25, 0.3) is 5.91 Å². The number of hydrogen-bond donors (Lipinski definition) is 2. The maximum absolute atomic E-state index is 12.0. The highest BCUT2D eigenvalue weighted by atomic mass is 35.5. The van der Waals surface area contributed by atoms with Crippen molar-refractivity contribution in [3.63, 3.8) is 0 Å². The molecule has 0 aliphatic rings. The van der Waals surface area contributed by atoms with Gasteiger partial charge in [-0.2, -0.15) is 8.78 Å². The molecule has 1 aromatic rings. The molecule has 0 aliphatic carbocycles. The number of nitrogens with one attached hydrogen (secondary N) is 1. The lowest BCUT2D eigenvalue weighted by atomic mass is 10.3. The summed E-state index contributed by atoms with van der Waals surface area (Å²) in [6.07, 6.45) is 0.641. The van der Waals surface area contributed by atoms with E-state index in [4.69, 9.17) is 5.73 Å². The van der Waals surface area contributed by atoms with Crippen LogP contribution < -0.4 is 15.8 Å². The molecular weight excluding hydrogens is 274 g/mol. The Morgan fingerprint density at radius 1 is 1.59 bits per heavy atom. The number of hydrogen-bond acceptors (Lipinski definition) is 4. The number of ether oxygens (including phenoxy) is 1. The van der Waals surface area contributed by atoms with E-state index in [1.54, 1.807) is 0 Å². The number of rotatable bonds is 6. The fourth-order valence-electron chi connectivity index (χ4n) is 1.04. The highest BCUT2D eigenvalue weighted by Gasteiger charge is 2.16. The van der Waals surface area contributed by atoms with Crippen molar-refractivity contribution in [3.05, 3.63) is 16.3 Å². The van der Waals surface area contributed by atoms with Crippen molar-refractivity contribution >= 4 is 29.7 Å². The Morgan fingerprint density at radius 3 is 2.88 bits per heavy atom. The fourth-order valence-corrected chi connectivity index (χ4v) is 1.78. The minimum absolute atomic E-state index is 0. The zero-order valence-corrected chi connectivity index (χ0v) is 10.5. The first-order chi connectivity index (χ1) is 7.65. The molecule has 1 heterocycles. The maximum atomic E-state index is 12.0. The maximum Gasteiger partial charge on any atom is 0.387 e. The second-order valence-electron chi connectivity index (χ2n) is 2.89. The van der Waals surface area contributed by atoms with E-state index < -0.39 is 12.5 Å². The fraction of sp³-hybridized carbons (Fsp3) is 0.444. The Balaban J connectivity index is 0.00000256. The van der Waals surface area contributed by atoms with Crippen molar-refractivity contribution in [2.24, 2.45) is 5.73 Å². The number of nitrogens with two attached hydrogens (primary N) is 1. The molecule has 3 N–H and O–H groups in total. The molecule has 0 radical (unpaired) electrons. The van der Waals surface area contributed by atoms with Crippen molar-refractivity contribution in [2.45, 2.75) is 13.0 Å². The van der Waals surface area contributed by atoms with Crippen LogP contribution in [0.25, 0.3) is 0 Å². The molecule has 0 atom stereocenters. The van der Waals surface area contributed by atoms with Crippen LogP contribution in [0.3, 0.4) is 0 Å². The average Bonchev–Trinajstić information content (AvgIpc) is 2.65. The van der Waals surface area contributed by atoms with Crippen molar-refractivity contribution in [1.82, 2.24) is 5.32 Å². The summed E-state index contributed by atoms with van der Waals surface area (Å²) in [4.78, 5) is 11.7. The molecule has 0 bridgehead atoms. The van der Waals surface area contributed by atoms with Gasteiger partial charge in [0.2, 0.25) is 0 Å². The predicted molar refractivity (Wildman–Crippen MR) is 64.2 cm³/mol. The molecule has 1 rings (SSSR count). The van der Waals surface area contributed by atoms with Crippen LogP contribution in [0.15, 0.2) is 11.4 Å². The average molecular weight is 287 g/mol. The van der Waals surface area contributed by atoms with Gasteiger partial charge in [0, 0.05) is 6.54 Å². The summed E-state index contributed by atoms with van der Waals surface area (Å²) in [7, 11) is 0. The Hall–Kier alpha value is -0.920. The third-order valence-corrected chi connectivity index (χ3v) is 2.61. The Morgan fingerprint density at radius 2 is 2.29 bits per heavy atom.